The first-order valence-corrected chi connectivity index (χ1v) is 11.0. The Hall–Kier alpha value is -4.70. The fourth-order valence-electron chi connectivity index (χ4n) is 4.21. The van der Waals surface area contributed by atoms with E-state index in [2.05, 4.69) is 38.1 Å². The van der Waals surface area contributed by atoms with E-state index in [1.165, 1.54) is 0 Å². The summed E-state index contributed by atoms with van der Waals surface area (Å²) in [6.07, 6.45) is 0.653. The van der Waals surface area contributed by atoms with Crippen molar-refractivity contribution in [3.63, 3.8) is 0 Å². The molecule has 5 aromatic rings. The first kappa shape index (κ1) is 20.9. The Morgan fingerprint density at radius 1 is 0.943 bits per heavy atom. The van der Waals surface area contributed by atoms with Crippen LogP contribution in [0.25, 0.3) is 33.4 Å². The van der Waals surface area contributed by atoms with Crippen molar-refractivity contribution in [1.82, 2.24) is 30.4 Å². The number of rotatable bonds is 6. The van der Waals surface area contributed by atoms with Gasteiger partial charge in [-0.2, -0.15) is 10.3 Å². The monoisotopic (exact) mass is 465 g/mol. The molecule has 3 N–H and O–H groups in total. The zero-order chi connectivity index (χ0) is 23.9. The molecule has 172 valence electrons. The van der Waals surface area contributed by atoms with Crippen molar-refractivity contribution in [1.29, 1.82) is 0 Å². The average Bonchev–Trinajstić information content (AvgIpc) is 3.56. The molecule has 0 aliphatic heterocycles. The van der Waals surface area contributed by atoms with Crippen LogP contribution in [-0.2, 0) is 16.1 Å². The molecule has 0 saturated heterocycles. The molecule has 0 radical (unpaired) electrons. The number of aliphatic hydroxyl groups is 1. The van der Waals surface area contributed by atoms with Crippen molar-refractivity contribution < 1.29 is 14.7 Å². The summed E-state index contributed by atoms with van der Waals surface area (Å²) in [6, 6.07) is 20.6. The number of benzene rings is 3. The highest BCUT2D eigenvalue weighted by Gasteiger charge is 2.48. The average molecular weight is 465 g/mol. The molecule has 1 saturated carbocycles. The molecule has 10 nitrogen and oxygen atoms in total. The standard InChI is InChI=1S/C25H19N7O3/c33-22-21(23(34)24(22)35)26-19-9-17(8-18(10-19)25-27-30-31-28-25)15-6-7-16-13-32(29-20(16)11-15)12-14-4-2-1-3-5-14/h1-11,13,21-22,26,33H,12H2,(H,27,28,30,31). The topological polar surface area (TPSA) is 139 Å². The van der Waals surface area contributed by atoms with Gasteiger partial charge in [0.1, 0.15) is 12.1 Å². The number of aliphatic hydroxyl groups excluding tert-OH is 1. The van der Waals surface area contributed by atoms with E-state index in [1.807, 2.05) is 59.4 Å². The lowest BCUT2D eigenvalue weighted by Crippen LogP contribution is -2.61. The van der Waals surface area contributed by atoms with Gasteiger partial charge < -0.3 is 10.4 Å². The van der Waals surface area contributed by atoms with Crippen LogP contribution in [0.2, 0.25) is 0 Å². The maximum absolute atomic E-state index is 11.9. The van der Waals surface area contributed by atoms with Crippen molar-refractivity contribution >= 4 is 28.2 Å². The number of ketones is 2. The lowest BCUT2D eigenvalue weighted by molar-refractivity contribution is -0.152. The number of fused-ring (bicyclic) bond motifs is 1. The number of tetrazole rings is 1. The van der Waals surface area contributed by atoms with E-state index in [0.29, 0.717) is 23.6 Å². The van der Waals surface area contributed by atoms with Crippen LogP contribution in [-0.4, -0.2) is 59.2 Å². The minimum absolute atomic E-state index is 0.375. The first-order valence-electron chi connectivity index (χ1n) is 11.0. The highest BCUT2D eigenvalue weighted by Crippen LogP contribution is 2.32. The maximum Gasteiger partial charge on any atom is 0.231 e. The molecule has 2 heterocycles. The van der Waals surface area contributed by atoms with Crippen LogP contribution in [0.1, 0.15) is 5.56 Å². The first-order chi connectivity index (χ1) is 17.0. The Morgan fingerprint density at radius 3 is 2.54 bits per heavy atom. The van der Waals surface area contributed by atoms with Crippen LogP contribution in [0, 0.1) is 0 Å². The van der Waals surface area contributed by atoms with Gasteiger partial charge in [-0.1, -0.05) is 42.5 Å². The van der Waals surface area contributed by atoms with Gasteiger partial charge in [-0.05, 0) is 46.2 Å². The molecule has 1 aliphatic carbocycles. The van der Waals surface area contributed by atoms with Crippen LogP contribution in [0.4, 0.5) is 5.69 Å². The number of aromatic nitrogens is 6. The van der Waals surface area contributed by atoms with Crippen LogP contribution < -0.4 is 5.32 Å². The number of carbonyl (C=O) groups is 2. The Kier molecular flexibility index (Phi) is 4.93. The smallest absolute Gasteiger partial charge is 0.231 e. The third-order valence-electron chi connectivity index (χ3n) is 6.04. The molecular weight excluding hydrogens is 446 g/mol. The van der Waals surface area contributed by atoms with E-state index in [1.54, 1.807) is 6.07 Å². The predicted octanol–water partition coefficient (Wildman–Crippen LogP) is 2.22. The second-order valence-electron chi connectivity index (χ2n) is 8.42. The van der Waals surface area contributed by atoms with Crippen LogP contribution in [0.5, 0.6) is 0 Å². The largest absolute Gasteiger partial charge is 0.382 e. The summed E-state index contributed by atoms with van der Waals surface area (Å²) in [4.78, 5) is 23.4. The zero-order valence-corrected chi connectivity index (χ0v) is 18.3. The number of nitrogens with one attached hydrogen (secondary N) is 2. The highest BCUT2D eigenvalue weighted by atomic mass is 16.3. The number of nitrogens with zero attached hydrogens (tertiary/aromatic N) is 5. The molecule has 0 bridgehead atoms. The second kappa shape index (κ2) is 8.26. The molecule has 1 fully saturated rings. The lowest BCUT2D eigenvalue weighted by atomic mass is 9.85. The fraction of sp³-hybridized carbons (Fsp3) is 0.120. The van der Waals surface area contributed by atoms with Crippen molar-refractivity contribution in [3.8, 4) is 22.5 Å². The molecule has 1 aliphatic rings. The van der Waals surface area contributed by atoms with Gasteiger partial charge in [-0.25, -0.2) is 0 Å². The van der Waals surface area contributed by atoms with Crippen LogP contribution >= 0.6 is 0 Å². The number of carbonyl (C=O) groups excluding carboxylic acids is 2. The van der Waals surface area contributed by atoms with E-state index < -0.39 is 23.7 Å². The number of aromatic amines is 1. The lowest BCUT2D eigenvalue weighted by Gasteiger charge is -2.30. The third-order valence-corrected chi connectivity index (χ3v) is 6.04. The molecule has 2 unspecified atom stereocenters. The molecule has 2 aromatic heterocycles. The Morgan fingerprint density at radius 2 is 1.77 bits per heavy atom. The quantitative estimate of drug-likeness (QED) is 0.325. The van der Waals surface area contributed by atoms with Crippen molar-refractivity contribution in [2.24, 2.45) is 0 Å². The summed E-state index contributed by atoms with van der Waals surface area (Å²) < 4.78 is 1.91. The van der Waals surface area contributed by atoms with Gasteiger partial charge in [0.2, 0.25) is 17.4 Å². The van der Waals surface area contributed by atoms with E-state index in [9.17, 15) is 14.7 Å². The van der Waals surface area contributed by atoms with Gasteiger partial charge in [-0.15, -0.1) is 10.2 Å². The van der Waals surface area contributed by atoms with Gasteiger partial charge in [0.25, 0.3) is 0 Å². The fourth-order valence-corrected chi connectivity index (χ4v) is 4.21. The van der Waals surface area contributed by atoms with Gasteiger partial charge in [0, 0.05) is 22.8 Å². The Bertz CT molecular complexity index is 1560. The maximum atomic E-state index is 11.9. The van der Waals surface area contributed by atoms with Gasteiger partial charge in [0.15, 0.2) is 0 Å². The molecule has 35 heavy (non-hydrogen) atoms. The summed E-state index contributed by atoms with van der Waals surface area (Å²) in [5, 5.41) is 32.8. The van der Waals surface area contributed by atoms with E-state index in [4.69, 9.17) is 5.10 Å². The van der Waals surface area contributed by atoms with Crippen molar-refractivity contribution in [2.45, 2.75) is 18.7 Å². The van der Waals surface area contributed by atoms with Crippen LogP contribution in [0.15, 0.2) is 72.9 Å². The summed E-state index contributed by atoms with van der Waals surface area (Å²) in [6.45, 7) is 0.669. The van der Waals surface area contributed by atoms with E-state index in [-0.39, 0.29) is 0 Å². The number of anilines is 1. The normalized spacial score (nSPS) is 17.5. The molecular formula is C25H19N7O3. The third kappa shape index (κ3) is 3.85. The minimum Gasteiger partial charge on any atom is -0.382 e. The van der Waals surface area contributed by atoms with E-state index >= 15 is 0 Å². The molecule has 10 heteroatoms. The molecule has 6 rings (SSSR count). The summed E-state index contributed by atoms with van der Waals surface area (Å²) in [5.74, 6) is -1.05. The molecule has 0 spiro atoms. The number of H-pyrrole nitrogens is 1. The zero-order valence-electron chi connectivity index (χ0n) is 18.3. The van der Waals surface area contributed by atoms with Crippen molar-refractivity contribution in [3.05, 3.63) is 78.5 Å². The summed E-state index contributed by atoms with van der Waals surface area (Å²) >= 11 is 0. The predicted molar refractivity (Wildman–Crippen MR) is 127 cm³/mol. The summed E-state index contributed by atoms with van der Waals surface area (Å²) in [5.41, 5.74) is 4.92. The Labute approximate surface area is 198 Å². The van der Waals surface area contributed by atoms with Gasteiger partial charge in [-0.3, -0.25) is 14.3 Å². The van der Waals surface area contributed by atoms with E-state index in [0.717, 1.165) is 27.6 Å². The highest BCUT2D eigenvalue weighted by molar-refractivity contribution is 6.49. The second-order valence-corrected chi connectivity index (χ2v) is 8.42. The molecule has 0 amide bonds. The van der Waals surface area contributed by atoms with Crippen LogP contribution in [0.3, 0.4) is 0 Å². The number of hydrogen-bond acceptors (Lipinski definition) is 8. The molecule has 3 aromatic carbocycles. The number of hydrogen-bond donors (Lipinski definition) is 3. The SMILES string of the molecule is O=C1C(=O)C(Nc2cc(-c3ccc4cn(Cc5ccccc5)nc4c3)cc(-c3nn[nH]n3)c2)C1O. The van der Waals surface area contributed by atoms with Gasteiger partial charge in [0.05, 0.1) is 12.1 Å². The van der Waals surface area contributed by atoms with Crippen molar-refractivity contribution in [2.75, 3.05) is 5.32 Å². The minimum atomic E-state index is -1.36. The Balaban J connectivity index is 1.36. The number of Topliss-reactive ketones (excluding diaryl/α,β-unsaturated/α-hetero) is 2. The summed E-state index contributed by atoms with van der Waals surface area (Å²) in [7, 11) is 0. The van der Waals surface area contributed by atoms with Gasteiger partial charge >= 0.3 is 0 Å². The molecule has 2 atom stereocenters.